The number of furan rings is 1. The van der Waals surface area contributed by atoms with Gasteiger partial charge in [0.25, 0.3) is 5.91 Å². The molecule has 0 spiro atoms. The van der Waals surface area contributed by atoms with Crippen molar-refractivity contribution in [2.45, 2.75) is 6.61 Å². The van der Waals surface area contributed by atoms with Crippen LogP contribution in [-0.2, 0) is 6.61 Å². The van der Waals surface area contributed by atoms with Crippen LogP contribution in [0.1, 0.15) is 16.3 Å². The Morgan fingerprint density at radius 1 is 1.33 bits per heavy atom. The molecule has 6 heteroatoms. The predicted molar refractivity (Wildman–Crippen MR) is 82.0 cm³/mol. The molecule has 2 aromatic rings. The molecule has 0 radical (unpaired) electrons. The van der Waals surface area contributed by atoms with Gasteiger partial charge in [-0.15, -0.1) is 6.58 Å². The van der Waals surface area contributed by atoms with Crippen molar-refractivity contribution >= 4 is 29.1 Å². The van der Waals surface area contributed by atoms with Gasteiger partial charge in [0.2, 0.25) is 0 Å². The van der Waals surface area contributed by atoms with E-state index < -0.39 is 0 Å². The van der Waals surface area contributed by atoms with Crippen LogP contribution < -0.4 is 10.1 Å². The first-order chi connectivity index (χ1) is 10.1. The van der Waals surface area contributed by atoms with Crippen molar-refractivity contribution in [2.24, 2.45) is 0 Å². The number of carbonyl (C=O) groups excluding carboxylic acids is 1. The Morgan fingerprint density at radius 3 is 2.86 bits per heavy atom. The molecule has 0 bridgehead atoms. The third kappa shape index (κ3) is 4.28. The monoisotopic (exact) mass is 325 g/mol. The Kier molecular flexibility index (Phi) is 5.31. The smallest absolute Gasteiger partial charge is 0.287 e. The molecule has 1 amide bonds. The Labute approximate surface area is 132 Å². The number of nitrogens with one attached hydrogen (secondary N) is 1. The Balaban J connectivity index is 1.96. The minimum atomic E-state index is -0.300. The van der Waals surface area contributed by atoms with Crippen molar-refractivity contribution in [1.29, 1.82) is 0 Å². The summed E-state index contributed by atoms with van der Waals surface area (Å²) in [4.78, 5) is 11.7. The van der Waals surface area contributed by atoms with Gasteiger partial charge in [-0.1, -0.05) is 29.3 Å². The van der Waals surface area contributed by atoms with Crippen LogP contribution in [0.3, 0.4) is 0 Å². The summed E-state index contributed by atoms with van der Waals surface area (Å²) in [7, 11) is 0. The zero-order valence-electron chi connectivity index (χ0n) is 11.1. The van der Waals surface area contributed by atoms with Gasteiger partial charge in [0.1, 0.15) is 18.1 Å². The highest BCUT2D eigenvalue weighted by atomic mass is 35.5. The molecule has 0 aliphatic heterocycles. The molecule has 110 valence electrons. The Hall–Kier alpha value is -1.91. The summed E-state index contributed by atoms with van der Waals surface area (Å²) in [6, 6.07) is 8.20. The summed E-state index contributed by atoms with van der Waals surface area (Å²) >= 11 is 11.8. The second-order valence-corrected chi connectivity index (χ2v) is 4.97. The largest absolute Gasteiger partial charge is 0.484 e. The van der Waals surface area contributed by atoms with E-state index in [1.807, 2.05) is 0 Å². The third-order valence-electron chi connectivity index (χ3n) is 2.56. The van der Waals surface area contributed by atoms with Crippen molar-refractivity contribution < 1.29 is 13.9 Å². The first kappa shape index (κ1) is 15.5. The number of halogens is 2. The van der Waals surface area contributed by atoms with Crippen LogP contribution in [0.4, 0.5) is 0 Å². The molecule has 0 unspecified atom stereocenters. The predicted octanol–water partition coefficient (Wildman–Crippen LogP) is 4.08. The molecule has 1 aromatic carbocycles. The van der Waals surface area contributed by atoms with Crippen molar-refractivity contribution in [3.05, 3.63) is 64.6 Å². The van der Waals surface area contributed by atoms with Gasteiger partial charge in [0.05, 0.1) is 5.02 Å². The lowest BCUT2D eigenvalue weighted by Crippen LogP contribution is -2.22. The fraction of sp³-hybridized carbons (Fsp3) is 0.133. The van der Waals surface area contributed by atoms with Gasteiger partial charge in [-0.3, -0.25) is 4.79 Å². The zero-order chi connectivity index (χ0) is 15.2. The molecule has 1 heterocycles. The van der Waals surface area contributed by atoms with E-state index in [-0.39, 0.29) is 18.3 Å². The van der Waals surface area contributed by atoms with Crippen molar-refractivity contribution in [3.8, 4) is 5.75 Å². The number of benzene rings is 1. The molecular weight excluding hydrogens is 313 g/mol. The van der Waals surface area contributed by atoms with Crippen LogP contribution in [-0.4, -0.2) is 12.5 Å². The standard InChI is InChI=1S/C15H13Cl2NO3/c1-2-7-18-15(19)14-6-4-11(21-14)9-20-13-5-3-10(16)8-12(13)17/h2-6,8H,1,7,9H2,(H,18,19). The van der Waals surface area contributed by atoms with Gasteiger partial charge in [-0.25, -0.2) is 0 Å². The van der Waals surface area contributed by atoms with Crippen molar-refractivity contribution in [2.75, 3.05) is 6.54 Å². The van der Waals surface area contributed by atoms with Crippen LogP contribution in [0.2, 0.25) is 10.0 Å². The summed E-state index contributed by atoms with van der Waals surface area (Å²) in [5, 5.41) is 3.57. The second kappa shape index (κ2) is 7.20. The molecule has 21 heavy (non-hydrogen) atoms. The van der Waals surface area contributed by atoms with E-state index in [4.69, 9.17) is 32.4 Å². The quantitative estimate of drug-likeness (QED) is 0.814. The van der Waals surface area contributed by atoms with Gasteiger partial charge in [-0.05, 0) is 30.3 Å². The topological polar surface area (TPSA) is 51.5 Å². The molecule has 4 nitrogen and oxygen atoms in total. The molecule has 1 aromatic heterocycles. The second-order valence-electron chi connectivity index (χ2n) is 4.13. The van der Waals surface area contributed by atoms with Crippen molar-refractivity contribution in [3.63, 3.8) is 0 Å². The van der Waals surface area contributed by atoms with E-state index in [1.54, 1.807) is 36.4 Å². The fourth-order valence-electron chi connectivity index (χ4n) is 1.57. The van der Waals surface area contributed by atoms with Gasteiger partial charge < -0.3 is 14.5 Å². The van der Waals surface area contributed by atoms with E-state index in [0.29, 0.717) is 28.1 Å². The molecule has 0 fully saturated rings. The lowest BCUT2D eigenvalue weighted by molar-refractivity contribution is 0.0926. The number of ether oxygens (including phenoxy) is 1. The van der Waals surface area contributed by atoms with Crippen LogP contribution in [0.25, 0.3) is 0 Å². The average Bonchev–Trinajstić information content (AvgIpc) is 2.93. The van der Waals surface area contributed by atoms with Crippen LogP contribution >= 0.6 is 23.2 Å². The van der Waals surface area contributed by atoms with Gasteiger partial charge in [0, 0.05) is 11.6 Å². The normalized spacial score (nSPS) is 10.2. The van der Waals surface area contributed by atoms with Crippen molar-refractivity contribution in [1.82, 2.24) is 5.32 Å². The maximum absolute atomic E-state index is 11.7. The number of hydrogen-bond donors (Lipinski definition) is 1. The van der Waals surface area contributed by atoms with Crippen LogP contribution in [0.15, 0.2) is 47.4 Å². The molecule has 0 atom stereocenters. The fourth-order valence-corrected chi connectivity index (χ4v) is 2.03. The molecule has 0 aliphatic rings. The minimum absolute atomic E-state index is 0.163. The highest BCUT2D eigenvalue weighted by molar-refractivity contribution is 6.35. The summed E-state index contributed by atoms with van der Waals surface area (Å²) in [5.74, 6) is 0.934. The maximum atomic E-state index is 11.7. The SMILES string of the molecule is C=CCNC(=O)c1ccc(COc2ccc(Cl)cc2Cl)o1. The zero-order valence-corrected chi connectivity index (χ0v) is 12.6. The van der Waals surface area contributed by atoms with Gasteiger partial charge in [0.15, 0.2) is 5.76 Å². The number of amides is 1. The molecule has 1 N–H and O–H groups in total. The van der Waals surface area contributed by atoms with Crippen LogP contribution in [0.5, 0.6) is 5.75 Å². The highest BCUT2D eigenvalue weighted by Gasteiger charge is 2.11. The lowest BCUT2D eigenvalue weighted by atomic mass is 10.3. The van der Waals surface area contributed by atoms with E-state index in [0.717, 1.165) is 0 Å². The van der Waals surface area contributed by atoms with Gasteiger partial charge in [-0.2, -0.15) is 0 Å². The summed E-state index contributed by atoms with van der Waals surface area (Å²) in [5.41, 5.74) is 0. The summed E-state index contributed by atoms with van der Waals surface area (Å²) < 4.78 is 10.9. The highest BCUT2D eigenvalue weighted by Crippen LogP contribution is 2.28. The minimum Gasteiger partial charge on any atom is -0.484 e. The first-order valence-corrected chi connectivity index (χ1v) is 6.91. The first-order valence-electron chi connectivity index (χ1n) is 6.16. The Morgan fingerprint density at radius 2 is 2.14 bits per heavy atom. The average molecular weight is 326 g/mol. The summed E-state index contributed by atoms with van der Waals surface area (Å²) in [6.45, 7) is 4.07. The number of hydrogen-bond acceptors (Lipinski definition) is 3. The Bertz CT molecular complexity index is 652. The molecule has 2 rings (SSSR count). The molecule has 0 saturated carbocycles. The third-order valence-corrected chi connectivity index (χ3v) is 3.09. The molecular formula is C15H13Cl2NO3. The van der Waals surface area contributed by atoms with E-state index >= 15 is 0 Å². The molecule has 0 aliphatic carbocycles. The van der Waals surface area contributed by atoms with Gasteiger partial charge >= 0.3 is 0 Å². The summed E-state index contributed by atoms with van der Waals surface area (Å²) in [6.07, 6.45) is 1.59. The number of rotatable bonds is 6. The lowest BCUT2D eigenvalue weighted by Gasteiger charge is -2.06. The maximum Gasteiger partial charge on any atom is 0.287 e. The number of carbonyl (C=O) groups is 1. The van der Waals surface area contributed by atoms with Crippen LogP contribution in [0, 0.1) is 0 Å². The van der Waals surface area contributed by atoms with E-state index in [1.165, 1.54) is 0 Å². The molecule has 0 saturated heterocycles. The van der Waals surface area contributed by atoms with E-state index in [2.05, 4.69) is 11.9 Å². The van der Waals surface area contributed by atoms with E-state index in [9.17, 15) is 4.79 Å².